The van der Waals surface area contributed by atoms with Gasteiger partial charge in [-0.3, -0.25) is 0 Å². The van der Waals surface area contributed by atoms with Gasteiger partial charge < -0.3 is 0 Å². The Morgan fingerprint density at radius 3 is 2.83 bits per heavy atom. The van der Waals surface area contributed by atoms with Crippen molar-refractivity contribution in [3.63, 3.8) is 0 Å². The molecule has 0 nitrogen and oxygen atoms in total. The van der Waals surface area contributed by atoms with Gasteiger partial charge in [0.1, 0.15) is 0 Å². The predicted molar refractivity (Wildman–Crippen MR) is 29.7 cm³/mol. The van der Waals surface area contributed by atoms with E-state index in [-0.39, 0.29) is 0 Å². The van der Waals surface area contributed by atoms with Crippen LogP contribution in [0.5, 0.6) is 0 Å². The number of hydrogen-bond donors (Lipinski definition) is 0. The second kappa shape index (κ2) is 4.74. The zero-order valence-corrected chi connectivity index (χ0v) is 4.20. The maximum absolute atomic E-state index is 7.12. The lowest BCUT2D eigenvalue weighted by Gasteiger charge is -1.81. The maximum atomic E-state index is 7.12. The number of rotatable bonds is 3. The second-order valence-electron chi connectivity index (χ2n) is 1.16. The first kappa shape index (κ1) is 2.84. The Hall–Kier alpha value is -0.260. The summed E-state index contributed by atoms with van der Waals surface area (Å²) in [5.41, 5.74) is 0. The monoisotopic (exact) mass is 86.1 g/mol. The average molecular weight is 86.2 g/mol. The van der Waals surface area contributed by atoms with Crippen molar-refractivity contribution in [1.29, 1.82) is 0 Å². The van der Waals surface area contributed by atoms with E-state index in [0.29, 0.717) is 6.42 Å². The quantitative estimate of drug-likeness (QED) is 0.462. The van der Waals surface area contributed by atoms with Crippen LogP contribution in [-0.4, -0.2) is 0 Å². The molecule has 0 N–H and O–H groups in total. The summed E-state index contributed by atoms with van der Waals surface area (Å²) in [6.07, 6.45) is 1.67. The molecule has 0 aromatic heterocycles. The van der Waals surface area contributed by atoms with Crippen LogP contribution in [0.15, 0.2) is 12.7 Å². The second-order valence-corrected chi connectivity index (χ2v) is 1.16. The zero-order chi connectivity index (χ0) is 6.62. The van der Waals surface area contributed by atoms with Gasteiger partial charge in [-0.25, -0.2) is 0 Å². The minimum absolute atomic E-state index is 0.580. The lowest BCUT2D eigenvalue weighted by molar-refractivity contribution is 0.816. The van der Waals surface area contributed by atoms with Crippen LogP contribution in [0.3, 0.4) is 0 Å². The van der Waals surface area contributed by atoms with Crippen molar-refractivity contribution >= 4 is 0 Å². The summed E-state index contributed by atoms with van der Waals surface area (Å²) >= 11 is 0. The van der Waals surface area contributed by atoms with Crippen LogP contribution < -0.4 is 0 Å². The minimum Gasteiger partial charge on any atom is -0.103 e. The van der Waals surface area contributed by atoms with Crippen molar-refractivity contribution in [3.8, 4) is 0 Å². The Bertz CT molecular complexity index is 76.6. The predicted octanol–water partition coefficient (Wildman–Crippen LogP) is 2.36. The molecule has 0 aromatic carbocycles. The van der Waals surface area contributed by atoms with Crippen LogP contribution in [-0.2, 0) is 0 Å². The Morgan fingerprint density at radius 1 is 2.00 bits per heavy atom. The van der Waals surface area contributed by atoms with Crippen LogP contribution in [0.2, 0.25) is 0 Å². The lowest BCUT2D eigenvalue weighted by Crippen LogP contribution is -1.61. The molecule has 0 amide bonds. The minimum atomic E-state index is -1.14. The third-order valence-electron chi connectivity index (χ3n) is 0.539. The molecule has 0 saturated heterocycles. The summed E-state index contributed by atoms with van der Waals surface area (Å²) in [5.74, 6) is 0. The molecule has 36 valence electrons. The van der Waals surface area contributed by atoms with Gasteiger partial charge >= 0.3 is 0 Å². The summed E-state index contributed by atoms with van der Waals surface area (Å²) in [7, 11) is 0. The SMILES string of the molecule is [2H]C([2H])(C=C)CCC. The van der Waals surface area contributed by atoms with Crippen LogP contribution >= 0.6 is 0 Å². The van der Waals surface area contributed by atoms with Gasteiger partial charge in [0.05, 0.1) is 0 Å². The normalized spacial score (nSPS) is 15.5. The van der Waals surface area contributed by atoms with Crippen molar-refractivity contribution in [3.05, 3.63) is 12.7 Å². The fraction of sp³-hybridized carbons (Fsp3) is 0.667. The molecule has 0 aromatic rings. The zero-order valence-electron chi connectivity index (χ0n) is 6.20. The fourth-order valence-corrected chi connectivity index (χ4v) is 0.246. The third kappa shape index (κ3) is 3.74. The number of allylic oxidation sites excluding steroid dienone is 1. The Balaban J connectivity index is 3.53. The molecule has 0 unspecified atom stereocenters. The standard InChI is InChI=1S/C6H12/c1-3-5-6-4-2/h3H,1,4-6H2,2H3/i5D2. The van der Waals surface area contributed by atoms with E-state index in [1.807, 2.05) is 6.92 Å². The molecule has 0 aliphatic heterocycles. The van der Waals surface area contributed by atoms with Gasteiger partial charge in [0.2, 0.25) is 0 Å². The summed E-state index contributed by atoms with van der Waals surface area (Å²) in [5, 5.41) is 0. The molecule has 0 rings (SSSR count). The Morgan fingerprint density at radius 2 is 2.67 bits per heavy atom. The maximum Gasteiger partial charge on any atom is 0.0310 e. The fourth-order valence-electron chi connectivity index (χ4n) is 0.246. The third-order valence-corrected chi connectivity index (χ3v) is 0.539. The average Bonchev–Trinajstić information content (AvgIpc) is 1.67. The lowest BCUT2D eigenvalue weighted by atomic mass is 10.3. The highest BCUT2D eigenvalue weighted by atomic mass is 13.8. The van der Waals surface area contributed by atoms with Gasteiger partial charge in [-0.2, -0.15) is 0 Å². The molecular weight excluding hydrogens is 72.1 g/mol. The van der Waals surface area contributed by atoms with Crippen LogP contribution in [0.25, 0.3) is 0 Å². The van der Waals surface area contributed by atoms with E-state index >= 15 is 0 Å². The van der Waals surface area contributed by atoms with E-state index in [1.165, 1.54) is 6.08 Å². The Kier molecular flexibility index (Phi) is 2.24. The summed E-state index contributed by atoms with van der Waals surface area (Å²) in [6.45, 7) is 5.34. The highest BCUT2D eigenvalue weighted by Crippen LogP contribution is 1.91. The van der Waals surface area contributed by atoms with Gasteiger partial charge in [0, 0.05) is 2.74 Å². The van der Waals surface area contributed by atoms with Crippen molar-refractivity contribution in [2.75, 3.05) is 0 Å². The molecule has 0 radical (unpaired) electrons. The van der Waals surface area contributed by atoms with E-state index in [1.54, 1.807) is 0 Å². The summed E-state index contributed by atoms with van der Waals surface area (Å²) < 4.78 is 14.2. The first-order valence-electron chi connectivity index (χ1n) is 3.26. The van der Waals surface area contributed by atoms with Gasteiger partial charge in [-0.1, -0.05) is 25.8 Å². The van der Waals surface area contributed by atoms with E-state index in [4.69, 9.17) is 2.74 Å². The summed E-state index contributed by atoms with van der Waals surface area (Å²) in [4.78, 5) is 0. The molecule has 0 aliphatic rings. The molecule has 0 saturated carbocycles. The summed E-state index contributed by atoms with van der Waals surface area (Å²) in [6, 6.07) is 0. The van der Waals surface area contributed by atoms with Crippen molar-refractivity contribution in [2.24, 2.45) is 0 Å². The molecule has 0 atom stereocenters. The van der Waals surface area contributed by atoms with Gasteiger partial charge in [-0.05, 0) is 6.37 Å². The topological polar surface area (TPSA) is 0 Å². The first-order chi connectivity index (χ1) is 3.62. The van der Waals surface area contributed by atoms with E-state index < -0.39 is 6.37 Å². The number of hydrogen-bond acceptors (Lipinski definition) is 0. The molecule has 0 bridgehead atoms. The molecule has 0 heteroatoms. The van der Waals surface area contributed by atoms with E-state index in [2.05, 4.69) is 6.58 Å². The van der Waals surface area contributed by atoms with Gasteiger partial charge in [-0.15, -0.1) is 6.58 Å². The smallest absolute Gasteiger partial charge is 0.0310 e. The molecule has 0 fully saturated rings. The van der Waals surface area contributed by atoms with Crippen molar-refractivity contribution < 1.29 is 2.74 Å². The molecule has 0 spiro atoms. The molecule has 0 heterocycles. The van der Waals surface area contributed by atoms with Crippen molar-refractivity contribution in [1.82, 2.24) is 0 Å². The van der Waals surface area contributed by atoms with Gasteiger partial charge in [0.15, 0.2) is 0 Å². The largest absolute Gasteiger partial charge is 0.103 e. The first-order valence-corrected chi connectivity index (χ1v) is 2.26. The van der Waals surface area contributed by atoms with Crippen LogP contribution in [0, 0.1) is 0 Å². The van der Waals surface area contributed by atoms with E-state index in [9.17, 15) is 0 Å². The highest BCUT2D eigenvalue weighted by molar-refractivity contribution is 4.64. The molecule has 0 aliphatic carbocycles. The molecular formula is C6H12. The van der Waals surface area contributed by atoms with E-state index in [0.717, 1.165) is 6.42 Å². The molecule has 6 heavy (non-hydrogen) atoms. The van der Waals surface area contributed by atoms with Crippen LogP contribution in [0.1, 0.15) is 28.9 Å². The Labute approximate surface area is 42.7 Å². The van der Waals surface area contributed by atoms with Crippen LogP contribution in [0.4, 0.5) is 0 Å². The van der Waals surface area contributed by atoms with Crippen molar-refractivity contribution in [2.45, 2.75) is 26.1 Å². The highest BCUT2D eigenvalue weighted by Gasteiger charge is 1.71. The van der Waals surface area contributed by atoms with Gasteiger partial charge in [0.25, 0.3) is 0 Å².